The predicted molar refractivity (Wildman–Crippen MR) is 110 cm³/mol. The molecule has 156 valence electrons. The molecule has 0 bridgehead atoms. The summed E-state index contributed by atoms with van der Waals surface area (Å²) >= 11 is 0. The molecule has 1 aliphatic heterocycles. The Morgan fingerprint density at radius 2 is 1.87 bits per heavy atom. The molecule has 0 saturated heterocycles. The molecule has 0 spiro atoms. The second-order valence-electron chi connectivity index (χ2n) is 8.01. The van der Waals surface area contributed by atoms with Crippen LogP contribution >= 0.6 is 0 Å². The van der Waals surface area contributed by atoms with Crippen LogP contribution in [0.5, 0.6) is 5.75 Å². The van der Waals surface area contributed by atoms with E-state index in [1.54, 1.807) is 7.11 Å². The predicted octanol–water partition coefficient (Wildman–Crippen LogP) is 3.69. The Bertz CT molecular complexity index is 1210. The van der Waals surface area contributed by atoms with Crippen molar-refractivity contribution in [2.75, 3.05) is 7.11 Å². The number of rotatable bonds is 5. The highest BCUT2D eigenvalue weighted by Gasteiger charge is 2.51. The Hall–Kier alpha value is -3.52. The van der Waals surface area contributed by atoms with Crippen LogP contribution in [0.4, 0.5) is 0 Å². The van der Waals surface area contributed by atoms with Gasteiger partial charge in [-0.05, 0) is 36.1 Å². The van der Waals surface area contributed by atoms with Crippen LogP contribution < -0.4 is 4.74 Å². The van der Waals surface area contributed by atoms with Crippen molar-refractivity contribution in [2.24, 2.45) is 0 Å². The summed E-state index contributed by atoms with van der Waals surface area (Å²) in [6.07, 6.45) is 1.91. The second kappa shape index (κ2) is 7.02. The van der Waals surface area contributed by atoms with E-state index in [4.69, 9.17) is 19.0 Å². The number of fused-ring (bicyclic) bond motifs is 1. The highest BCUT2D eigenvalue weighted by molar-refractivity contribution is 5.52. The number of ether oxygens (including phenoxy) is 2. The first-order valence-corrected chi connectivity index (χ1v) is 10.3. The summed E-state index contributed by atoms with van der Waals surface area (Å²) in [5.41, 5.74) is 3.59. The van der Waals surface area contributed by atoms with Crippen molar-refractivity contribution in [3.63, 3.8) is 0 Å². The van der Waals surface area contributed by atoms with Crippen molar-refractivity contribution in [3.05, 3.63) is 77.3 Å². The highest BCUT2D eigenvalue weighted by Crippen LogP contribution is 2.53. The van der Waals surface area contributed by atoms with Gasteiger partial charge >= 0.3 is 0 Å². The fraction of sp³-hybridized carbons (Fsp3) is 0.304. The molecule has 8 heteroatoms. The Morgan fingerprint density at radius 3 is 2.61 bits per heavy atom. The lowest BCUT2D eigenvalue weighted by Gasteiger charge is -2.24. The molecular weight excluding hydrogens is 394 g/mol. The molecule has 8 nitrogen and oxygen atoms in total. The molecule has 2 aromatic carbocycles. The smallest absolute Gasteiger partial charge is 0.237 e. The van der Waals surface area contributed by atoms with Crippen molar-refractivity contribution in [2.45, 2.75) is 37.5 Å². The molecule has 1 unspecified atom stereocenters. The van der Waals surface area contributed by atoms with Crippen molar-refractivity contribution < 1.29 is 14.0 Å². The monoisotopic (exact) mass is 415 g/mol. The summed E-state index contributed by atoms with van der Waals surface area (Å²) in [5, 5.41) is 12.9. The normalized spacial score (nSPS) is 19.1. The largest absolute Gasteiger partial charge is 0.497 e. The minimum absolute atomic E-state index is 0.0957. The molecule has 1 aliphatic carbocycles. The molecular formula is C23H21N5O3. The first-order chi connectivity index (χ1) is 15.3. The van der Waals surface area contributed by atoms with Crippen LogP contribution in [0.2, 0.25) is 0 Å². The van der Waals surface area contributed by atoms with E-state index < -0.39 is 0 Å². The van der Waals surface area contributed by atoms with E-state index in [2.05, 4.69) is 27.6 Å². The Kier molecular flexibility index (Phi) is 4.14. The SMILES string of the molecule is COc1ccc(C2Cn3nnc(-c4noc(C5(c6ccccc6)CC5)n4)c3CO2)cc1. The quantitative estimate of drug-likeness (QED) is 0.491. The van der Waals surface area contributed by atoms with Crippen LogP contribution in [-0.2, 0) is 23.3 Å². The molecule has 4 aromatic rings. The number of nitrogens with zero attached hydrogens (tertiary/aromatic N) is 5. The molecule has 1 fully saturated rings. The van der Waals surface area contributed by atoms with Gasteiger partial charge in [0.15, 0.2) is 5.69 Å². The summed E-state index contributed by atoms with van der Waals surface area (Å²) < 4.78 is 18.9. The molecule has 1 atom stereocenters. The van der Waals surface area contributed by atoms with Gasteiger partial charge in [0.2, 0.25) is 11.7 Å². The molecule has 0 amide bonds. The zero-order valence-electron chi connectivity index (χ0n) is 17.1. The minimum Gasteiger partial charge on any atom is -0.497 e. The molecule has 31 heavy (non-hydrogen) atoms. The van der Waals surface area contributed by atoms with Crippen LogP contribution in [0.15, 0.2) is 59.1 Å². The summed E-state index contributed by atoms with van der Waals surface area (Å²) in [4.78, 5) is 4.70. The fourth-order valence-corrected chi connectivity index (χ4v) is 4.23. The van der Waals surface area contributed by atoms with Gasteiger partial charge in [-0.15, -0.1) is 5.10 Å². The number of benzene rings is 2. The Labute approximate surface area is 178 Å². The summed E-state index contributed by atoms with van der Waals surface area (Å²) in [7, 11) is 1.66. The van der Waals surface area contributed by atoms with Gasteiger partial charge in [-0.2, -0.15) is 4.98 Å². The first-order valence-electron chi connectivity index (χ1n) is 10.3. The van der Waals surface area contributed by atoms with Gasteiger partial charge in [-0.3, -0.25) is 0 Å². The number of aromatic nitrogens is 5. The molecule has 0 radical (unpaired) electrons. The standard InChI is InChI=1S/C23H21N5O3/c1-29-17-9-7-15(8-10-17)19-13-28-18(14-30-19)20(25-27-28)21-24-22(31-26-21)23(11-12-23)16-5-3-2-4-6-16/h2-10,19H,11-14H2,1H3. The van der Waals surface area contributed by atoms with Crippen LogP contribution in [-0.4, -0.2) is 32.2 Å². The average Bonchev–Trinajstić information content (AvgIpc) is 3.30. The molecule has 1 saturated carbocycles. The van der Waals surface area contributed by atoms with Gasteiger partial charge in [0.1, 0.15) is 11.9 Å². The molecule has 3 heterocycles. The van der Waals surface area contributed by atoms with Gasteiger partial charge in [0, 0.05) is 0 Å². The average molecular weight is 415 g/mol. The van der Waals surface area contributed by atoms with Crippen molar-refractivity contribution in [1.29, 1.82) is 0 Å². The fourth-order valence-electron chi connectivity index (χ4n) is 4.23. The third kappa shape index (κ3) is 3.02. The Morgan fingerprint density at radius 1 is 1.06 bits per heavy atom. The zero-order valence-corrected chi connectivity index (χ0v) is 17.1. The van der Waals surface area contributed by atoms with E-state index >= 15 is 0 Å². The first kappa shape index (κ1) is 18.3. The number of methoxy groups -OCH3 is 1. The van der Waals surface area contributed by atoms with Crippen LogP contribution in [0.3, 0.4) is 0 Å². The van der Waals surface area contributed by atoms with Gasteiger partial charge in [-0.1, -0.05) is 52.8 Å². The number of hydrogen-bond acceptors (Lipinski definition) is 7. The van der Waals surface area contributed by atoms with Gasteiger partial charge in [0.25, 0.3) is 0 Å². The molecule has 6 rings (SSSR count). The van der Waals surface area contributed by atoms with Crippen molar-refractivity contribution in [1.82, 2.24) is 25.1 Å². The van der Waals surface area contributed by atoms with E-state index in [0.717, 1.165) is 29.8 Å². The van der Waals surface area contributed by atoms with E-state index in [-0.39, 0.29) is 11.5 Å². The number of hydrogen-bond donors (Lipinski definition) is 0. The van der Waals surface area contributed by atoms with Crippen molar-refractivity contribution in [3.8, 4) is 17.3 Å². The minimum atomic E-state index is -0.171. The maximum absolute atomic E-state index is 6.11. The lowest BCUT2D eigenvalue weighted by atomic mass is 9.96. The van der Waals surface area contributed by atoms with Crippen LogP contribution in [0.25, 0.3) is 11.5 Å². The highest BCUT2D eigenvalue weighted by atomic mass is 16.5. The summed E-state index contributed by atoms with van der Waals surface area (Å²) in [6, 6.07) is 18.2. The van der Waals surface area contributed by atoms with Crippen molar-refractivity contribution >= 4 is 0 Å². The molecule has 0 N–H and O–H groups in total. The lowest BCUT2D eigenvalue weighted by molar-refractivity contribution is -0.00114. The maximum atomic E-state index is 6.11. The van der Waals surface area contributed by atoms with Gasteiger partial charge in [0.05, 0.1) is 31.4 Å². The molecule has 2 aliphatic rings. The lowest BCUT2D eigenvalue weighted by Crippen LogP contribution is -2.22. The van der Waals surface area contributed by atoms with Gasteiger partial charge in [-0.25, -0.2) is 4.68 Å². The maximum Gasteiger partial charge on any atom is 0.237 e. The van der Waals surface area contributed by atoms with E-state index in [1.807, 2.05) is 47.1 Å². The second-order valence-corrected chi connectivity index (χ2v) is 8.01. The third-order valence-corrected chi connectivity index (χ3v) is 6.21. The molecule has 2 aromatic heterocycles. The van der Waals surface area contributed by atoms with Crippen LogP contribution in [0.1, 0.15) is 41.7 Å². The Balaban J connectivity index is 1.26. The van der Waals surface area contributed by atoms with E-state index in [1.165, 1.54) is 5.56 Å². The van der Waals surface area contributed by atoms with E-state index in [9.17, 15) is 0 Å². The van der Waals surface area contributed by atoms with Crippen LogP contribution in [0, 0.1) is 0 Å². The van der Waals surface area contributed by atoms with Gasteiger partial charge < -0.3 is 14.0 Å². The summed E-state index contributed by atoms with van der Waals surface area (Å²) in [5.74, 6) is 1.92. The summed E-state index contributed by atoms with van der Waals surface area (Å²) in [6.45, 7) is 0.958. The zero-order chi connectivity index (χ0) is 20.8. The third-order valence-electron chi connectivity index (χ3n) is 6.21. The topological polar surface area (TPSA) is 88.1 Å². The van der Waals surface area contributed by atoms with E-state index in [0.29, 0.717) is 30.6 Å².